The highest BCUT2D eigenvalue weighted by molar-refractivity contribution is 6.09. The first kappa shape index (κ1) is 7.06. The van der Waals surface area contributed by atoms with Crippen LogP contribution < -0.4 is 0 Å². The molecule has 1 rings (SSSR count). The second-order valence-electron chi connectivity index (χ2n) is 2.11. The molecule has 1 aliphatic heterocycles. The molecule has 52 valence electrons. The Morgan fingerprint density at radius 1 is 1.70 bits per heavy atom. The van der Waals surface area contributed by atoms with Crippen molar-refractivity contribution in [2.45, 2.75) is 13.8 Å². The average Bonchev–Trinajstić information content (AvgIpc) is 1.88. The Morgan fingerprint density at radius 3 is 3.10 bits per heavy atom. The van der Waals surface area contributed by atoms with Crippen LogP contribution in [0, 0.1) is 6.42 Å². The lowest BCUT2D eigenvalue weighted by Crippen LogP contribution is -2.03. The molecule has 0 radical (unpaired) electrons. The van der Waals surface area contributed by atoms with Crippen molar-refractivity contribution in [3.8, 4) is 0 Å². The Bertz CT molecular complexity index is 199. The largest absolute Gasteiger partial charge is 0.248 e. The summed E-state index contributed by atoms with van der Waals surface area (Å²) in [4.78, 5) is 8.35. The lowest BCUT2D eigenvalue weighted by atomic mass is 10.2. The fourth-order valence-electron chi connectivity index (χ4n) is 0.779. The average molecular weight is 135 g/mol. The summed E-state index contributed by atoms with van der Waals surface area (Å²) in [6, 6.07) is 0. The number of allylic oxidation sites excluding steroid dienone is 1. The standard InChI is InChI=1S/C8H11N2/c1-3-9-8-6-4-5-7(2)10-8/h4-6H,3H2,1-2H3/q+1. The molecule has 0 atom stereocenters. The molecular weight excluding hydrogens is 124 g/mol. The summed E-state index contributed by atoms with van der Waals surface area (Å²) in [7, 11) is 0. The molecule has 10 heavy (non-hydrogen) atoms. The summed E-state index contributed by atoms with van der Waals surface area (Å²) in [5.41, 5.74) is 1.02. The lowest BCUT2D eigenvalue weighted by molar-refractivity contribution is 1.12. The molecule has 0 N–H and O–H groups in total. The van der Waals surface area contributed by atoms with Gasteiger partial charge in [-0.1, -0.05) is 0 Å². The van der Waals surface area contributed by atoms with Gasteiger partial charge in [-0.05, 0) is 13.8 Å². The normalized spacial score (nSPS) is 20.6. The molecule has 0 amide bonds. The highest BCUT2D eigenvalue weighted by Crippen LogP contribution is 1.98. The highest BCUT2D eigenvalue weighted by Gasteiger charge is 2.07. The van der Waals surface area contributed by atoms with E-state index in [9.17, 15) is 0 Å². The maximum Gasteiger partial charge on any atom is 0.236 e. The van der Waals surface area contributed by atoms with E-state index < -0.39 is 0 Å². The van der Waals surface area contributed by atoms with Gasteiger partial charge in [0.25, 0.3) is 0 Å². The third-order valence-corrected chi connectivity index (χ3v) is 1.19. The molecule has 1 heterocycles. The van der Waals surface area contributed by atoms with E-state index in [0.29, 0.717) is 0 Å². The van der Waals surface area contributed by atoms with Gasteiger partial charge in [0.15, 0.2) is 0 Å². The predicted molar refractivity (Wildman–Crippen MR) is 44.5 cm³/mol. The molecule has 0 aliphatic carbocycles. The SMILES string of the molecule is CCN=C1[CH+]C=CC(C)=N1. The van der Waals surface area contributed by atoms with Gasteiger partial charge in [-0.2, -0.15) is 4.99 Å². The van der Waals surface area contributed by atoms with Gasteiger partial charge in [0, 0.05) is 6.54 Å². The van der Waals surface area contributed by atoms with Crippen LogP contribution in [0.2, 0.25) is 0 Å². The number of rotatable bonds is 1. The maximum absolute atomic E-state index is 4.20. The molecule has 0 aromatic rings. The molecular formula is C8H11N2+. The van der Waals surface area contributed by atoms with Gasteiger partial charge < -0.3 is 0 Å². The van der Waals surface area contributed by atoms with Crippen molar-refractivity contribution in [2.24, 2.45) is 9.98 Å². The Balaban J connectivity index is 2.68. The first-order valence-electron chi connectivity index (χ1n) is 3.44. The van der Waals surface area contributed by atoms with Gasteiger partial charge >= 0.3 is 0 Å². The zero-order valence-corrected chi connectivity index (χ0v) is 6.33. The number of hydrogen-bond donors (Lipinski definition) is 0. The topological polar surface area (TPSA) is 24.7 Å². The van der Waals surface area contributed by atoms with Gasteiger partial charge in [-0.15, -0.1) is 0 Å². The van der Waals surface area contributed by atoms with Crippen molar-refractivity contribution < 1.29 is 0 Å². The van der Waals surface area contributed by atoms with E-state index in [1.54, 1.807) is 0 Å². The van der Waals surface area contributed by atoms with Crippen LogP contribution in [-0.4, -0.2) is 18.1 Å². The Hall–Kier alpha value is -1.05. The minimum absolute atomic E-state index is 0.802. The van der Waals surface area contributed by atoms with E-state index in [-0.39, 0.29) is 0 Å². The second-order valence-corrected chi connectivity index (χ2v) is 2.11. The van der Waals surface area contributed by atoms with Crippen LogP contribution in [0.15, 0.2) is 22.1 Å². The van der Waals surface area contributed by atoms with Gasteiger partial charge in [-0.3, -0.25) is 0 Å². The number of amidine groups is 1. The van der Waals surface area contributed by atoms with Crippen LogP contribution in [0.25, 0.3) is 0 Å². The van der Waals surface area contributed by atoms with E-state index in [0.717, 1.165) is 18.1 Å². The minimum atomic E-state index is 0.802. The molecule has 2 nitrogen and oxygen atoms in total. The van der Waals surface area contributed by atoms with Crippen LogP contribution in [0.5, 0.6) is 0 Å². The van der Waals surface area contributed by atoms with Crippen LogP contribution in [0.3, 0.4) is 0 Å². The van der Waals surface area contributed by atoms with E-state index in [2.05, 4.69) is 9.98 Å². The first-order chi connectivity index (χ1) is 4.83. The number of nitrogens with zero attached hydrogens (tertiary/aromatic N) is 2. The number of dihydropyridines is 1. The third kappa shape index (κ3) is 1.72. The van der Waals surface area contributed by atoms with Gasteiger partial charge in [0.05, 0.1) is 6.08 Å². The van der Waals surface area contributed by atoms with Crippen molar-refractivity contribution in [2.75, 3.05) is 6.54 Å². The molecule has 0 fully saturated rings. The van der Waals surface area contributed by atoms with Crippen LogP contribution >= 0.6 is 0 Å². The summed E-state index contributed by atoms with van der Waals surface area (Å²) < 4.78 is 0. The summed E-state index contributed by atoms with van der Waals surface area (Å²) in [5, 5.41) is 0. The number of hydrogen-bond acceptors (Lipinski definition) is 1. The lowest BCUT2D eigenvalue weighted by Gasteiger charge is -1.94. The van der Waals surface area contributed by atoms with Gasteiger partial charge in [0.2, 0.25) is 5.84 Å². The van der Waals surface area contributed by atoms with Crippen molar-refractivity contribution in [3.05, 3.63) is 18.6 Å². The first-order valence-corrected chi connectivity index (χ1v) is 3.44. The van der Waals surface area contributed by atoms with Crippen LogP contribution in [0.4, 0.5) is 0 Å². The third-order valence-electron chi connectivity index (χ3n) is 1.19. The molecule has 0 unspecified atom stereocenters. The van der Waals surface area contributed by atoms with Gasteiger partial charge in [-0.25, -0.2) is 4.99 Å². The molecule has 0 saturated heterocycles. The van der Waals surface area contributed by atoms with Crippen molar-refractivity contribution in [1.29, 1.82) is 0 Å². The number of aliphatic imine (C=N–C) groups is 2. The zero-order chi connectivity index (χ0) is 7.40. The molecule has 0 aromatic heterocycles. The molecule has 0 saturated carbocycles. The van der Waals surface area contributed by atoms with Gasteiger partial charge in [0.1, 0.15) is 18.2 Å². The minimum Gasteiger partial charge on any atom is -0.248 e. The summed E-state index contributed by atoms with van der Waals surface area (Å²) in [6.07, 6.45) is 5.85. The Labute approximate surface area is 61.4 Å². The van der Waals surface area contributed by atoms with E-state index in [1.807, 2.05) is 32.4 Å². The van der Waals surface area contributed by atoms with E-state index >= 15 is 0 Å². The van der Waals surface area contributed by atoms with E-state index in [1.165, 1.54) is 0 Å². The summed E-state index contributed by atoms with van der Waals surface area (Å²) >= 11 is 0. The molecule has 2 heteroatoms. The maximum atomic E-state index is 4.20. The molecule has 0 bridgehead atoms. The van der Waals surface area contributed by atoms with Crippen LogP contribution in [0.1, 0.15) is 13.8 Å². The molecule has 0 aromatic carbocycles. The summed E-state index contributed by atoms with van der Waals surface area (Å²) in [6.45, 7) is 4.77. The quantitative estimate of drug-likeness (QED) is 0.488. The van der Waals surface area contributed by atoms with Crippen molar-refractivity contribution >= 4 is 11.5 Å². The monoisotopic (exact) mass is 135 g/mol. The Morgan fingerprint density at radius 2 is 2.50 bits per heavy atom. The fourth-order valence-corrected chi connectivity index (χ4v) is 0.779. The molecule has 1 aliphatic rings. The highest BCUT2D eigenvalue weighted by atomic mass is 14.9. The zero-order valence-electron chi connectivity index (χ0n) is 6.33. The predicted octanol–water partition coefficient (Wildman–Crippen LogP) is 1.64. The fraction of sp³-hybridized carbons (Fsp3) is 0.375. The van der Waals surface area contributed by atoms with Crippen molar-refractivity contribution in [3.63, 3.8) is 0 Å². The second kappa shape index (κ2) is 3.20. The van der Waals surface area contributed by atoms with Crippen molar-refractivity contribution in [1.82, 2.24) is 0 Å². The smallest absolute Gasteiger partial charge is 0.236 e. The molecule has 0 spiro atoms. The van der Waals surface area contributed by atoms with E-state index in [4.69, 9.17) is 0 Å². The van der Waals surface area contributed by atoms with Crippen LogP contribution in [-0.2, 0) is 0 Å². The summed E-state index contributed by atoms with van der Waals surface area (Å²) in [5.74, 6) is 0.836. The Kier molecular flexibility index (Phi) is 2.26.